The second-order valence-corrected chi connectivity index (χ2v) is 8.51. The average molecular weight is 502 g/mol. The second-order valence-electron chi connectivity index (χ2n) is 8.51. The van der Waals surface area contributed by atoms with E-state index in [1.54, 1.807) is 30.3 Å². The van der Waals surface area contributed by atoms with Crippen molar-refractivity contribution >= 4 is 35.2 Å². The standard InChI is InChI=1S/C27H31N7O3/c1-20-4-2-7-26(30-20)34(28)15-14-29-27(36)32-23-10-8-21(9-11-23)24(35)13-12-22-5-3-6-25(31-22)33-16-18-37-19-17-33/h2-13H,14-19,28H2,1H3,(H2,29,32,36)/b13-12+. The summed E-state index contributed by atoms with van der Waals surface area (Å²) in [6.07, 6.45) is 3.21. The van der Waals surface area contributed by atoms with Gasteiger partial charge in [0, 0.05) is 36.6 Å². The molecule has 2 aromatic heterocycles. The summed E-state index contributed by atoms with van der Waals surface area (Å²) in [7, 11) is 0. The Morgan fingerprint density at radius 3 is 2.57 bits per heavy atom. The molecule has 37 heavy (non-hydrogen) atoms. The summed E-state index contributed by atoms with van der Waals surface area (Å²) in [5.41, 5.74) is 2.66. The van der Waals surface area contributed by atoms with Crippen LogP contribution in [0.1, 0.15) is 21.7 Å². The van der Waals surface area contributed by atoms with Crippen molar-refractivity contribution in [2.45, 2.75) is 6.92 Å². The first kappa shape index (κ1) is 25.8. The van der Waals surface area contributed by atoms with Gasteiger partial charge in [0.25, 0.3) is 0 Å². The van der Waals surface area contributed by atoms with Gasteiger partial charge in [-0.15, -0.1) is 0 Å². The highest BCUT2D eigenvalue weighted by molar-refractivity contribution is 6.07. The fourth-order valence-corrected chi connectivity index (χ4v) is 3.74. The smallest absolute Gasteiger partial charge is 0.319 e. The van der Waals surface area contributed by atoms with Crippen molar-refractivity contribution in [1.29, 1.82) is 0 Å². The number of hydrogen-bond donors (Lipinski definition) is 3. The number of anilines is 3. The van der Waals surface area contributed by atoms with Crippen molar-refractivity contribution in [3.05, 3.63) is 83.7 Å². The lowest BCUT2D eigenvalue weighted by Crippen LogP contribution is -2.40. The number of hydrazine groups is 1. The van der Waals surface area contributed by atoms with Crippen LogP contribution in [0.4, 0.5) is 22.1 Å². The molecule has 2 amide bonds. The quantitative estimate of drug-likeness (QED) is 0.177. The van der Waals surface area contributed by atoms with E-state index in [-0.39, 0.29) is 11.8 Å². The number of morpholine rings is 1. The lowest BCUT2D eigenvalue weighted by Gasteiger charge is -2.27. The molecule has 3 aromatic rings. The van der Waals surface area contributed by atoms with Gasteiger partial charge in [0.15, 0.2) is 5.78 Å². The molecule has 192 valence electrons. The van der Waals surface area contributed by atoms with Gasteiger partial charge in [-0.1, -0.05) is 12.1 Å². The van der Waals surface area contributed by atoms with Crippen LogP contribution in [0, 0.1) is 6.92 Å². The number of nitrogens with zero attached hydrogens (tertiary/aromatic N) is 4. The Morgan fingerprint density at radius 1 is 1.05 bits per heavy atom. The Balaban J connectivity index is 1.24. The lowest BCUT2D eigenvalue weighted by atomic mass is 10.1. The highest BCUT2D eigenvalue weighted by Crippen LogP contribution is 2.15. The molecule has 3 heterocycles. The molecular formula is C27H31N7O3. The molecule has 0 atom stereocenters. The number of aromatic nitrogens is 2. The highest BCUT2D eigenvalue weighted by atomic mass is 16.5. The van der Waals surface area contributed by atoms with E-state index < -0.39 is 0 Å². The van der Waals surface area contributed by atoms with Crippen LogP contribution in [0.5, 0.6) is 0 Å². The van der Waals surface area contributed by atoms with Crippen LogP contribution < -0.4 is 26.4 Å². The van der Waals surface area contributed by atoms with E-state index in [1.807, 2.05) is 43.3 Å². The first-order chi connectivity index (χ1) is 18.0. The van der Waals surface area contributed by atoms with E-state index in [9.17, 15) is 9.59 Å². The molecule has 1 fully saturated rings. The molecule has 0 bridgehead atoms. The molecule has 4 N–H and O–H groups in total. The molecule has 0 aliphatic carbocycles. The van der Waals surface area contributed by atoms with Crippen LogP contribution in [-0.4, -0.2) is 61.2 Å². The van der Waals surface area contributed by atoms with Gasteiger partial charge in [-0.05, 0) is 67.6 Å². The molecular weight excluding hydrogens is 470 g/mol. The van der Waals surface area contributed by atoms with Gasteiger partial charge in [0.05, 0.1) is 25.5 Å². The van der Waals surface area contributed by atoms with Gasteiger partial charge in [-0.3, -0.25) is 9.80 Å². The minimum Gasteiger partial charge on any atom is -0.378 e. The first-order valence-corrected chi connectivity index (χ1v) is 12.1. The number of aryl methyl sites for hydroxylation is 1. The number of ketones is 1. The van der Waals surface area contributed by atoms with Gasteiger partial charge in [-0.25, -0.2) is 20.6 Å². The number of allylic oxidation sites excluding steroid dienone is 1. The number of nitrogens with two attached hydrogens (primary N) is 1. The second kappa shape index (κ2) is 12.6. The largest absolute Gasteiger partial charge is 0.378 e. The van der Waals surface area contributed by atoms with Crippen LogP contribution in [0.25, 0.3) is 6.08 Å². The van der Waals surface area contributed by atoms with Gasteiger partial charge < -0.3 is 20.3 Å². The molecule has 1 aromatic carbocycles. The van der Waals surface area contributed by atoms with Gasteiger partial charge in [0.2, 0.25) is 0 Å². The molecule has 0 radical (unpaired) electrons. The Hall–Kier alpha value is -4.28. The molecule has 10 heteroatoms. The molecule has 1 aliphatic heterocycles. The summed E-state index contributed by atoms with van der Waals surface area (Å²) < 4.78 is 5.39. The minimum atomic E-state index is -0.365. The first-order valence-electron chi connectivity index (χ1n) is 12.1. The Kier molecular flexibility index (Phi) is 8.79. The van der Waals surface area contributed by atoms with Crippen molar-refractivity contribution in [1.82, 2.24) is 15.3 Å². The molecule has 1 saturated heterocycles. The molecule has 0 unspecified atom stereocenters. The van der Waals surface area contributed by atoms with Crippen molar-refractivity contribution in [3.8, 4) is 0 Å². The van der Waals surface area contributed by atoms with Gasteiger partial charge in [0.1, 0.15) is 11.6 Å². The number of nitrogens with one attached hydrogen (secondary N) is 2. The van der Waals surface area contributed by atoms with E-state index >= 15 is 0 Å². The molecule has 0 saturated carbocycles. The number of carbonyl (C=O) groups excluding carboxylic acids is 2. The van der Waals surface area contributed by atoms with Crippen LogP contribution >= 0.6 is 0 Å². The van der Waals surface area contributed by atoms with Crippen LogP contribution in [-0.2, 0) is 4.74 Å². The maximum absolute atomic E-state index is 12.6. The highest BCUT2D eigenvalue weighted by Gasteiger charge is 2.12. The number of benzene rings is 1. The Bertz CT molecular complexity index is 1240. The number of pyridine rings is 2. The lowest BCUT2D eigenvalue weighted by molar-refractivity contribution is 0.104. The third-order valence-electron chi connectivity index (χ3n) is 5.73. The molecule has 0 spiro atoms. The number of carbonyl (C=O) groups is 2. The van der Waals surface area contributed by atoms with E-state index in [2.05, 4.69) is 25.5 Å². The fraction of sp³-hybridized carbons (Fsp3) is 0.259. The Morgan fingerprint density at radius 2 is 1.81 bits per heavy atom. The van der Waals surface area contributed by atoms with Gasteiger partial charge in [-0.2, -0.15) is 0 Å². The number of urea groups is 1. The minimum absolute atomic E-state index is 0.151. The SMILES string of the molecule is Cc1cccc(N(N)CCNC(=O)Nc2ccc(C(=O)/C=C/c3cccc(N4CCOCC4)n3)cc2)n1. The van der Waals surface area contributed by atoms with E-state index in [1.165, 1.54) is 11.1 Å². The number of amides is 2. The predicted molar refractivity (Wildman–Crippen MR) is 145 cm³/mol. The summed E-state index contributed by atoms with van der Waals surface area (Å²) in [6, 6.07) is 17.7. The predicted octanol–water partition coefficient (Wildman–Crippen LogP) is 3.02. The zero-order chi connectivity index (χ0) is 26.0. The zero-order valence-corrected chi connectivity index (χ0v) is 20.8. The summed E-state index contributed by atoms with van der Waals surface area (Å²) in [5, 5.41) is 6.99. The van der Waals surface area contributed by atoms with Crippen molar-refractivity contribution < 1.29 is 14.3 Å². The number of hydrogen-bond acceptors (Lipinski definition) is 8. The van der Waals surface area contributed by atoms with Crippen molar-refractivity contribution in [3.63, 3.8) is 0 Å². The normalized spacial score (nSPS) is 13.4. The summed E-state index contributed by atoms with van der Waals surface area (Å²) in [5.74, 6) is 7.36. The molecule has 10 nitrogen and oxygen atoms in total. The monoisotopic (exact) mass is 501 g/mol. The Labute approximate surface area is 216 Å². The van der Waals surface area contributed by atoms with E-state index in [0.717, 1.165) is 24.6 Å². The summed E-state index contributed by atoms with van der Waals surface area (Å²) >= 11 is 0. The molecule has 1 aliphatic rings. The zero-order valence-electron chi connectivity index (χ0n) is 20.8. The maximum Gasteiger partial charge on any atom is 0.319 e. The van der Waals surface area contributed by atoms with Crippen LogP contribution in [0.3, 0.4) is 0 Å². The van der Waals surface area contributed by atoms with E-state index in [4.69, 9.17) is 10.6 Å². The van der Waals surface area contributed by atoms with Crippen molar-refractivity contribution in [2.75, 3.05) is 54.6 Å². The summed E-state index contributed by atoms with van der Waals surface area (Å²) in [6.45, 7) is 5.59. The number of ether oxygens (including phenoxy) is 1. The van der Waals surface area contributed by atoms with Crippen molar-refractivity contribution in [2.24, 2.45) is 5.84 Å². The van der Waals surface area contributed by atoms with E-state index in [0.29, 0.717) is 49.1 Å². The third kappa shape index (κ3) is 7.60. The topological polar surface area (TPSA) is 126 Å². The average Bonchev–Trinajstić information content (AvgIpc) is 2.92. The van der Waals surface area contributed by atoms with Gasteiger partial charge >= 0.3 is 6.03 Å². The number of rotatable bonds is 9. The maximum atomic E-state index is 12.6. The fourth-order valence-electron chi connectivity index (χ4n) is 3.74. The van der Waals surface area contributed by atoms with Crippen LogP contribution in [0.15, 0.2) is 66.7 Å². The molecule has 4 rings (SSSR count). The summed E-state index contributed by atoms with van der Waals surface area (Å²) in [4.78, 5) is 36.0. The third-order valence-corrected chi connectivity index (χ3v) is 5.73. The van der Waals surface area contributed by atoms with Crippen LogP contribution in [0.2, 0.25) is 0 Å².